The third-order valence-corrected chi connectivity index (χ3v) is 5.09. The van der Waals surface area contributed by atoms with Gasteiger partial charge in [0.15, 0.2) is 0 Å². The zero-order valence-corrected chi connectivity index (χ0v) is 26.1. The maximum atomic E-state index is 5.15. The Bertz CT molecular complexity index is 1220. The van der Waals surface area contributed by atoms with Gasteiger partial charge < -0.3 is 28.5 Å². The summed E-state index contributed by atoms with van der Waals surface area (Å²) in [5.41, 5.74) is 3.23. The van der Waals surface area contributed by atoms with Crippen molar-refractivity contribution in [1.29, 1.82) is 0 Å². The summed E-state index contributed by atoms with van der Waals surface area (Å²) in [7, 11) is 13.1. The van der Waals surface area contributed by atoms with E-state index < -0.39 is 0 Å². The first-order valence-electron chi connectivity index (χ1n) is 11.7. The van der Waals surface area contributed by atoms with Crippen LogP contribution in [0.3, 0.4) is 0 Å². The molecule has 0 saturated heterocycles. The number of methoxy groups -OCH3 is 4. The minimum atomic E-state index is 0.759. The Labute approximate surface area is 249 Å². The van der Waals surface area contributed by atoms with Crippen molar-refractivity contribution in [3.05, 3.63) is 98.0 Å². The molecule has 0 saturated carbocycles. The second-order valence-electron chi connectivity index (χ2n) is 7.61. The van der Waals surface area contributed by atoms with E-state index in [1.807, 2.05) is 60.3 Å². The van der Waals surface area contributed by atoms with Crippen molar-refractivity contribution < 1.29 is 36.5 Å². The van der Waals surface area contributed by atoms with Gasteiger partial charge in [0.25, 0.3) is 0 Å². The molecule has 0 N–H and O–H groups in total. The van der Waals surface area contributed by atoms with Gasteiger partial charge in [-0.3, -0.25) is 9.97 Å². The summed E-state index contributed by atoms with van der Waals surface area (Å²) in [4.78, 5) is 16.5. The Balaban J connectivity index is 0.000000221. The van der Waals surface area contributed by atoms with E-state index in [1.54, 1.807) is 71.7 Å². The van der Waals surface area contributed by atoms with Crippen molar-refractivity contribution in [2.24, 2.45) is 7.05 Å². The standard InChI is InChI=1S/C13H12NO2.C12H12N2O2.C4H6N2.ClH.Os/c1-15-11-5-3-4-10(8-11)13-9-12(16-2)6-7-14-13;1-15-9-3-5-13-11(7-9)12-8-10(16-2)4-6-14-12;1-6-3-2-5-4-6;;/h3,5-9H,1-2H3;3-8H,1-2H3;2-4H,1H3;1H;/q-1;;;;+1/p-1. The molecule has 11 heteroatoms. The SMILES string of the molecule is COc1cc[c-]c(-c2cc(OC)ccn2)c1.COc1ccnc(-c2cc(OC)ccn2)c1.Cn1ccnc1.[Cl][Os]. The van der Waals surface area contributed by atoms with Crippen LogP contribution in [0.2, 0.25) is 0 Å². The average molecular weight is 738 g/mol. The first-order chi connectivity index (χ1) is 19.6. The van der Waals surface area contributed by atoms with Crippen LogP contribution in [0.1, 0.15) is 0 Å². The predicted octanol–water partition coefficient (Wildman–Crippen LogP) is 5.83. The summed E-state index contributed by atoms with van der Waals surface area (Å²) < 4.78 is 22.5. The summed E-state index contributed by atoms with van der Waals surface area (Å²) in [5, 5.41) is 0. The van der Waals surface area contributed by atoms with Crippen LogP contribution < -0.4 is 18.9 Å². The van der Waals surface area contributed by atoms with E-state index in [2.05, 4.69) is 35.6 Å². The Kier molecular flexibility index (Phi) is 14.8. The Morgan fingerprint density at radius 3 is 1.50 bits per heavy atom. The van der Waals surface area contributed by atoms with Gasteiger partial charge in [-0.25, -0.2) is 4.98 Å². The first-order valence-corrected chi connectivity index (χ1v) is 14.8. The number of aryl methyl sites for hydroxylation is 1. The van der Waals surface area contributed by atoms with E-state index in [1.165, 1.54) is 17.6 Å². The molecule has 1 aromatic carbocycles. The molecule has 211 valence electrons. The number of pyridine rings is 3. The van der Waals surface area contributed by atoms with Crippen LogP contribution in [0, 0.1) is 6.07 Å². The van der Waals surface area contributed by atoms with Gasteiger partial charge in [-0.05, 0) is 30.0 Å². The Hall–Kier alpha value is -3.99. The molecule has 0 fully saturated rings. The van der Waals surface area contributed by atoms with Gasteiger partial charge in [0.1, 0.15) is 17.2 Å². The molecular formula is C29H30ClN5O4Os-. The second-order valence-corrected chi connectivity index (χ2v) is 7.61. The average Bonchev–Trinajstić information content (AvgIpc) is 3.53. The fourth-order valence-corrected chi connectivity index (χ4v) is 3.09. The number of hydrogen-bond donors (Lipinski definition) is 0. The monoisotopic (exact) mass is 739 g/mol. The van der Waals surface area contributed by atoms with Crippen LogP contribution in [-0.2, 0) is 24.6 Å². The molecule has 0 aliphatic rings. The molecule has 5 aromatic rings. The third-order valence-electron chi connectivity index (χ3n) is 5.09. The molecule has 4 heterocycles. The van der Waals surface area contributed by atoms with Crippen molar-refractivity contribution in [1.82, 2.24) is 24.5 Å². The van der Waals surface area contributed by atoms with E-state index in [4.69, 9.17) is 18.9 Å². The van der Waals surface area contributed by atoms with Crippen LogP contribution in [0.15, 0.2) is 91.9 Å². The molecule has 0 amide bonds. The molecule has 0 bridgehead atoms. The molecule has 9 nitrogen and oxygen atoms in total. The van der Waals surface area contributed by atoms with E-state index in [0.29, 0.717) is 0 Å². The number of nitrogens with zero attached hydrogens (tertiary/aromatic N) is 5. The van der Waals surface area contributed by atoms with Gasteiger partial charge in [-0.15, -0.1) is 29.8 Å². The number of benzene rings is 1. The number of halogens is 1. The summed E-state index contributed by atoms with van der Waals surface area (Å²) in [6.07, 6.45) is 10.5. The zero-order valence-electron chi connectivity index (χ0n) is 22.8. The van der Waals surface area contributed by atoms with Crippen LogP contribution in [0.25, 0.3) is 22.6 Å². The second kappa shape index (κ2) is 18.3. The number of hydrogen-bond acceptors (Lipinski definition) is 8. The quantitative estimate of drug-likeness (QED) is 0.201. The summed E-state index contributed by atoms with van der Waals surface area (Å²) in [6.45, 7) is 0. The number of imidazole rings is 1. The molecule has 0 unspecified atom stereocenters. The summed E-state index contributed by atoms with van der Waals surface area (Å²) in [5.74, 6) is 3.09. The van der Waals surface area contributed by atoms with E-state index in [9.17, 15) is 0 Å². The first kappa shape index (κ1) is 32.2. The third kappa shape index (κ3) is 10.6. The molecule has 0 atom stereocenters. The molecule has 0 aliphatic carbocycles. The Morgan fingerprint density at radius 2 is 1.10 bits per heavy atom. The van der Waals surface area contributed by atoms with Crippen LogP contribution >= 0.6 is 9.64 Å². The van der Waals surface area contributed by atoms with Crippen molar-refractivity contribution in [2.45, 2.75) is 0 Å². The molecular weight excluding hydrogens is 708 g/mol. The number of ether oxygens (including phenoxy) is 4. The van der Waals surface area contributed by atoms with Gasteiger partial charge >= 0.3 is 27.2 Å². The molecule has 0 aliphatic heterocycles. The van der Waals surface area contributed by atoms with Crippen LogP contribution in [0.4, 0.5) is 0 Å². The van der Waals surface area contributed by atoms with Crippen molar-refractivity contribution >= 4 is 9.64 Å². The summed E-state index contributed by atoms with van der Waals surface area (Å²) in [6, 6.07) is 19.6. The van der Waals surface area contributed by atoms with Gasteiger partial charge in [0.05, 0.1) is 46.2 Å². The fourth-order valence-electron chi connectivity index (χ4n) is 3.09. The minimum absolute atomic E-state index is 0.759. The van der Waals surface area contributed by atoms with Gasteiger partial charge in [-0.2, -0.15) is 0 Å². The Morgan fingerprint density at radius 1 is 0.650 bits per heavy atom. The van der Waals surface area contributed by atoms with Gasteiger partial charge in [0, 0.05) is 55.9 Å². The van der Waals surface area contributed by atoms with Crippen molar-refractivity contribution in [3.63, 3.8) is 0 Å². The summed E-state index contributed by atoms with van der Waals surface area (Å²) >= 11 is 1.33. The van der Waals surface area contributed by atoms with Crippen LogP contribution in [0.5, 0.6) is 23.0 Å². The zero-order chi connectivity index (χ0) is 29.2. The topological polar surface area (TPSA) is 93.4 Å². The van der Waals surface area contributed by atoms with Crippen LogP contribution in [-0.4, -0.2) is 52.9 Å². The predicted molar refractivity (Wildman–Crippen MR) is 151 cm³/mol. The van der Waals surface area contributed by atoms with Gasteiger partial charge in [0.2, 0.25) is 0 Å². The van der Waals surface area contributed by atoms with Gasteiger partial charge in [-0.1, -0.05) is 0 Å². The molecule has 0 radical (unpaired) electrons. The number of rotatable bonds is 6. The van der Waals surface area contributed by atoms with E-state index in [-0.39, 0.29) is 0 Å². The molecule has 4 aromatic heterocycles. The van der Waals surface area contributed by atoms with Crippen molar-refractivity contribution in [3.8, 4) is 45.6 Å². The van der Waals surface area contributed by atoms with Crippen molar-refractivity contribution in [2.75, 3.05) is 28.4 Å². The fraction of sp³-hybridized carbons (Fsp3) is 0.172. The number of aromatic nitrogens is 5. The molecule has 40 heavy (non-hydrogen) atoms. The maximum absolute atomic E-state index is 5.15. The normalized spacial score (nSPS) is 9.38. The van der Waals surface area contributed by atoms with E-state index >= 15 is 0 Å². The molecule has 5 rings (SSSR count). The molecule has 0 spiro atoms. The van der Waals surface area contributed by atoms with E-state index in [0.717, 1.165) is 45.6 Å².